The predicted octanol–water partition coefficient (Wildman–Crippen LogP) is 3.76. The van der Waals surface area contributed by atoms with Gasteiger partial charge in [-0.3, -0.25) is 4.98 Å². The molecule has 0 spiro atoms. The molecule has 1 aromatic heterocycles. The highest BCUT2D eigenvalue weighted by Gasteiger charge is 2.10. The van der Waals surface area contributed by atoms with Gasteiger partial charge in [-0.25, -0.2) is 4.39 Å². The Bertz CT molecular complexity index is 804. The molecule has 3 rings (SSSR count). The maximum Gasteiger partial charge on any atom is 0.482 e. The summed E-state index contributed by atoms with van der Waals surface area (Å²) in [4.78, 5) is 4.55. The van der Waals surface area contributed by atoms with E-state index in [0.29, 0.717) is 23.4 Å². The predicted molar refractivity (Wildman–Crippen MR) is 81.5 cm³/mol. The van der Waals surface area contributed by atoms with E-state index in [1.807, 2.05) is 30.3 Å². The van der Waals surface area contributed by atoms with Crippen LogP contribution >= 0.6 is 0 Å². The Morgan fingerprint density at radius 2 is 1.95 bits per heavy atom. The summed E-state index contributed by atoms with van der Waals surface area (Å²) in [5.74, 6) is 0.0630. The molecule has 0 amide bonds. The SMILES string of the molecule is [CH]Cc1cc2ccccc2c(-c2cc(F)cc([O][Al])c2)n1. The highest BCUT2D eigenvalue weighted by molar-refractivity contribution is 6.00. The fourth-order valence-electron chi connectivity index (χ4n) is 2.35. The van der Waals surface area contributed by atoms with E-state index in [1.54, 1.807) is 6.07 Å². The van der Waals surface area contributed by atoms with E-state index in [4.69, 9.17) is 10.7 Å². The molecule has 21 heavy (non-hydrogen) atoms. The Labute approximate surface area is 131 Å². The number of pyridine rings is 1. The van der Waals surface area contributed by atoms with Crippen LogP contribution in [0.25, 0.3) is 22.0 Å². The van der Waals surface area contributed by atoms with Crippen LogP contribution in [-0.4, -0.2) is 21.6 Å². The standard InChI is InChI=1S/C17H12FNO.Al/c1-2-14-8-11-5-3-4-6-16(11)17(19-14)12-7-13(18)10-15(20)9-12;/h1,3-10,20H,2H2;/q;+1/p-1. The molecule has 0 N–H and O–H groups in total. The van der Waals surface area contributed by atoms with E-state index < -0.39 is 0 Å². The van der Waals surface area contributed by atoms with Crippen molar-refractivity contribution in [2.45, 2.75) is 6.42 Å². The van der Waals surface area contributed by atoms with Crippen LogP contribution in [0.3, 0.4) is 0 Å². The molecule has 100 valence electrons. The van der Waals surface area contributed by atoms with Crippen molar-refractivity contribution in [1.29, 1.82) is 0 Å². The van der Waals surface area contributed by atoms with Gasteiger partial charge in [0.1, 0.15) is 5.82 Å². The van der Waals surface area contributed by atoms with Crippen LogP contribution < -0.4 is 3.79 Å². The molecule has 1 heterocycles. The maximum absolute atomic E-state index is 13.7. The average Bonchev–Trinajstić information content (AvgIpc) is 2.53. The monoisotopic (exact) mass is 291 g/mol. The Morgan fingerprint density at radius 3 is 2.71 bits per heavy atom. The third kappa shape index (κ3) is 2.78. The number of halogens is 1. The summed E-state index contributed by atoms with van der Waals surface area (Å²) >= 11 is 2.12. The molecular weight excluding hydrogens is 280 g/mol. The van der Waals surface area contributed by atoms with Gasteiger partial charge in [-0.15, -0.1) is 0 Å². The average molecular weight is 291 g/mol. The first-order valence-corrected chi connectivity index (χ1v) is 6.95. The Morgan fingerprint density at radius 1 is 1.14 bits per heavy atom. The maximum atomic E-state index is 13.7. The number of fused-ring (bicyclic) bond motifs is 1. The van der Waals surface area contributed by atoms with Crippen molar-refractivity contribution in [2.24, 2.45) is 0 Å². The molecule has 0 bridgehead atoms. The van der Waals surface area contributed by atoms with E-state index in [2.05, 4.69) is 21.6 Å². The number of benzene rings is 2. The zero-order valence-corrected chi connectivity index (χ0v) is 12.4. The Kier molecular flexibility index (Phi) is 3.92. The Balaban J connectivity index is 2.30. The zero-order chi connectivity index (χ0) is 14.8. The van der Waals surface area contributed by atoms with Crippen LogP contribution in [0.5, 0.6) is 5.75 Å². The van der Waals surface area contributed by atoms with E-state index >= 15 is 0 Å². The summed E-state index contributed by atoms with van der Waals surface area (Å²) in [6, 6.07) is 14.3. The summed E-state index contributed by atoms with van der Waals surface area (Å²) in [5.41, 5.74) is 2.14. The van der Waals surface area contributed by atoms with Crippen LogP contribution in [-0.2, 0) is 6.42 Å². The third-order valence-electron chi connectivity index (χ3n) is 3.28. The van der Waals surface area contributed by atoms with Gasteiger partial charge in [0.25, 0.3) is 0 Å². The molecule has 0 aliphatic rings. The largest absolute Gasteiger partial charge is 0.654 e. The van der Waals surface area contributed by atoms with Gasteiger partial charge in [0, 0.05) is 22.7 Å². The van der Waals surface area contributed by atoms with Crippen molar-refractivity contribution >= 4 is 27.4 Å². The minimum absolute atomic E-state index is 0.333. The van der Waals surface area contributed by atoms with Gasteiger partial charge < -0.3 is 3.79 Å². The van der Waals surface area contributed by atoms with Crippen molar-refractivity contribution in [3.8, 4) is 17.0 Å². The lowest BCUT2D eigenvalue weighted by atomic mass is 10.0. The number of hydrogen-bond acceptors (Lipinski definition) is 2. The molecule has 3 aromatic rings. The van der Waals surface area contributed by atoms with E-state index in [-0.39, 0.29) is 5.82 Å². The van der Waals surface area contributed by atoms with Gasteiger partial charge in [0.05, 0.1) is 11.4 Å². The number of hydrogen-bond donors (Lipinski definition) is 0. The lowest BCUT2D eigenvalue weighted by Gasteiger charge is -2.11. The lowest BCUT2D eigenvalue weighted by molar-refractivity contribution is 0.587. The van der Waals surface area contributed by atoms with E-state index in [9.17, 15) is 4.39 Å². The topological polar surface area (TPSA) is 22.1 Å². The summed E-state index contributed by atoms with van der Waals surface area (Å²) < 4.78 is 18.8. The number of nitrogens with zero attached hydrogens (tertiary/aromatic N) is 1. The Hall–Kier alpha value is -1.89. The summed E-state index contributed by atoms with van der Waals surface area (Å²) in [6.07, 6.45) is 0.333. The minimum Gasteiger partial charge on any atom is -0.654 e. The van der Waals surface area contributed by atoms with Gasteiger partial charge in [-0.1, -0.05) is 24.3 Å². The fraction of sp³-hybridized carbons (Fsp3) is 0.0588. The van der Waals surface area contributed by atoms with Crippen molar-refractivity contribution in [2.75, 3.05) is 0 Å². The molecular formula is C17H11AlFNO. The van der Waals surface area contributed by atoms with Crippen molar-refractivity contribution in [3.63, 3.8) is 0 Å². The van der Waals surface area contributed by atoms with Crippen molar-refractivity contribution in [3.05, 3.63) is 67.0 Å². The molecule has 2 nitrogen and oxygen atoms in total. The molecule has 4 heteroatoms. The first kappa shape index (κ1) is 14.1. The highest BCUT2D eigenvalue weighted by atomic mass is 27.1. The second kappa shape index (κ2) is 5.85. The molecule has 2 aromatic carbocycles. The van der Waals surface area contributed by atoms with Crippen LogP contribution in [0, 0.1) is 12.7 Å². The molecule has 0 saturated carbocycles. The molecule has 0 unspecified atom stereocenters. The number of aromatic nitrogens is 1. The van der Waals surface area contributed by atoms with Crippen LogP contribution in [0.2, 0.25) is 0 Å². The van der Waals surface area contributed by atoms with Gasteiger partial charge in [-0.05, 0) is 36.9 Å². The highest BCUT2D eigenvalue weighted by Crippen LogP contribution is 2.30. The molecule has 0 aliphatic heterocycles. The zero-order valence-electron chi connectivity index (χ0n) is 11.2. The third-order valence-corrected chi connectivity index (χ3v) is 3.56. The van der Waals surface area contributed by atoms with Gasteiger partial charge in [0.2, 0.25) is 0 Å². The van der Waals surface area contributed by atoms with E-state index in [0.717, 1.165) is 16.5 Å². The van der Waals surface area contributed by atoms with Crippen molar-refractivity contribution in [1.82, 2.24) is 4.98 Å². The second-order valence-electron chi connectivity index (χ2n) is 4.68. The molecule has 0 fully saturated rings. The summed E-state index contributed by atoms with van der Waals surface area (Å²) in [6.45, 7) is 5.71. The minimum atomic E-state index is -0.367. The van der Waals surface area contributed by atoms with Gasteiger partial charge >= 0.3 is 16.6 Å². The summed E-state index contributed by atoms with van der Waals surface area (Å²) in [5, 5.41) is 1.98. The van der Waals surface area contributed by atoms with Crippen LogP contribution in [0.4, 0.5) is 4.39 Å². The van der Waals surface area contributed by atoms with Crippen molar-refractivity contribution < 1.29 is 8.18 Å². The second-order valence-corrected chi connectivity index (χ2v) is 4.92. The molecule has 0 aliphatic carbocycles. The first-order chi connectivity index (χ1) is 10.2. The lowest BCUT2D eigenvalue weighted by Crippen LogP contribution is -1.95. The molecule has 0 saturated heterocycles. The quantitative estimate of drug-likeness (QED) is 0.686. The first-order valence-electron chi connectivity index (χ1n) is 6.47. The van der Waals surface area contributed by atoms with Crippen LogP contribution in [0.1, 0.15) is 5.69 Å². The smallest absolute Gasteiger partial charge is 0.482 e. The van der Waals surface area contributed by atoms with Gasteiger partial charge in [-0.2, -0.15) is 0 Å². The number of rotatable bonds is 3. The molecule has 4 radical (unpaired) electrons. The normalized spacial score (nSPS) is 10.8. The molecule has 0 atom stereocenters. The van der Waals surface area contributed by atoms with E-state index in [1.165, 1.54) is 12.1 Å². The van der Waals surface area contributed by atoms with Crippen LogP contribution in [0.15, 0.2) is 48.5 Å². The fourth-order valence-corrected chi connectivity index (χ4v) is 2.48. The summed E-state index contributed by atoms with van der Waals surface area (Å²) in [7, 11) is 0. The van der Waals surface area contributed by atoms with Gasteiger partial charge in [0.15, 0.2) is 0 Å².